The second-order valence-corrected chi connectivity index (χ2v) is 6.61. The van der Waals surface area contributed by atoms with E-state index < -0.39 is 0 Å². The fourth-order valence-corrected chi connectivity index (χ4v) is 4.29. The van der Waals surface area contributed by atoms with Crippen LogP contribution >= 0.6 is 0 Å². The lowest BCUT2D eigenvalue weighted by Crippen LogP contribution is -2.62. The van der Waals surface area contributed by atoms with E-state index in [1.165, 1.54) is 37.1 Å². The number of rotatable bonds is 0. The van der Waals surface area contributed by atoms with Gasteiger partial charge in [-0.15, -0.1) is 0 Å². The van der Waals surface area contributed by atoms with Gasteiger partial charge in [-0.25, -0.2) is 9.15 Å². The Morgan fingerprint density at radius 3 is 1.33 bits per heavy atom. The van der Waals surface area contributed by atoms with Crippen LogP contribution in [0.2, 0.25) is 0 Å². The minimum atomic E-state index is 0.629. The predicted octanol–water partition coefficient (Wildman–Crippen LogP) is 3.07. The summed E-state index contributed by atoms with van der Waals surface area (Å²) in [6.45, 7) is 13.9. The molecule has 0 aromatic rings. The third-order valence-corrected chi connectivity index (χ3v) is 5.02. The Balaban J connectivity index is 2.49. The van der Waals surface area contributed by atoms with E-state index in [9.17, 15) is 0 Å². The van der Waals surface area contributed by atoms with Crippen molar-refractivity contribution in [3.63, 3.8) is 0 Å². The average molecular weight is 250 g/mol. The Bertz CT molecular complexity index is 346. The van der Waals surface area contributed by atoms with Gasteiger partial charge in [-0.1, -0.05) is 0 Å². The van der Waals surface area contributed by atoms with Gasteiger partial charge in [0.2, 0.25) is 24.2 Å². The molecule has 2 heteroatoms. The zero-order valence-corrected chi connectivity index (χ0v) is 13.0. The van der Waals surface area contributed by atoms with E-state index >= 15 is 0 Å². The molecule has 0 radical (unpaired) electrons. The minimum Gasteiger partial charge on any atom is -0.219 e. The molecule has 0 aromatic heterocycles. The summed E-state index contributed by atoms with van der Waals surface area (Å²) in [5.41, 5.74) is 3.00. The summed E-state index contributed by atoms with van der Waals surface area (Å²) in [5.74, 6) is 0. The van der Waals surface area contributed by atoms with Crippen molar-refractivity contribution in [3.05, 3.63) is 0 Å². The first-order chi connectivity index (χ1) is 8.45. The van der Waals surface area contributed by atoms with Gasteiger partial charge in [0.25, 0.3) is 0 Å². The molecule has 1 aliphatic carbocycles. The van der Waals surface area contributed by atoms with Crippen molar-refractivity contribution in [1.29, 1.82) is 0 Å². The Hall–Kier alpha value is -0.660. The lowest BCUT2D eigenvalue weighted by atomic mass is 9.84. The molecular weight excluding hydrogens is 220 g/mol. The van der Waals surface area contributed by atoms with Crippen LogP contribution in [0.25, 0.3) is 0 Å². The fourth-order valence-electron chi connectivity index (χ4n) is 4.29. The highest BCUT2D eigenvalue weighted by Crippen LogP contribution is 2.31. The van der Waals surface area contributed by atoms with Crippen LogP contribution in [0.3, 0.4) is 0 Å². The molecular formula is C16H30N2+2. The summed E-state index contributed by atoms with van der Waals surface area (Å²) in [6.07, 6.45) is 5.55. The zero-order valence-electron chi connectivity index (χ0n) is 13.0. The number of fused-ring (bicyclic) bond motifs is 1. The van der Waals surface area contributed by atoms with E-state index in [0.717, 1.165) is 12.1 Å². The molecule has 0 N–H and O–H groups in total. The normalized spacial score (nSPS) is 36.3. The van der Waals surface area contributed by atoms with Crippen LogP contribution in [0.4, 0.5) is 0 Å². The molecule has 0 amide bonds. The number of piperazine rings is 1. The molecule has 4 atom stereocenters. The highest BCUT2D eigenvalue weighted by Gasteiger charge is 2.52. The van der Waals surface area contributed by atoms with Crippen molar-refractivity contribution in [2.75, 3.05) is 0 Å². The third-order valence-electron chi connectivity index (χ3n) is 5.02. The molecule has 2 aliphatic rings. The lowest BCUT2D eigenvalue weighted by Gasteiger charge is -2.38. The maximum Gasteiger partial charge on any atom is 0.213 e. The number of nitrogens with zero attached hydrogens (tertiary/aromatic N) is 2. The monoisotopic (exact) mass is 250 g/mol. The first-order valence-corrected chi connectivity index (χ1v) is 7.62. The quantitative estimate of drug-likeness (QED) is 0.583. The van der Waals surface area contributed by atoms with Gasteiger partial charge < -0.3 is 0 Å². The highest BCUT2D eigenvalue weighted by molar-refractivity contribution is 5.75. The molecule has 1 heterocycles. The first kappa shape index (κ1) is 13.8. The fraction of sp³-hybridized carbons (Fsp3) is 0.875. The topological polar surface area (TPSA) is 6.02 Å². The lowest BCUT2D eigenvalue weighted by molar-refractivity contribution is -0.761. The molecule has 1 saturated heterocycles. The van der Waals surface area contributed by atoms with Crippen LogP contribution in [0, 0.1) is 0 Å². The molecule has 18 heavy (non-hydrogen) atoms. The Labute approximate surface area is 112 Å². The molecule has 2 rings (SSSR count). The molecule has 2 fully saturated rings. The molecule has 0 aromatic carbocycles. The largest absolute Gasteiger partial charge is 0.219 e. The van der Waals surface area contributed by atoms with Crippen molar-refractivity contribution in [1.82, 2.24) is 0 Å². The average Bonchev–Trinajstić information content (AvgIpc) is 2.29. The SMILES string of the molecule is CC(C)=[N+]1C(C)C(C)[N+](=C(C)C)[C@H]2CCCC[C@H]21. The highest BCUT2D eigenvalue weighted by atomic mass is 15.3. The Kier molecular flexibility index (Phi) is 3.93. The van der Waals surface area contributed by atoms with Crippen molar-refractivity contribution >= 4 is 11.4 Å². The summed E-state index contributed by atoms with van der Waals surface area (Å²) in [4.78, 5) is 0. The van der Waals surface area contributed by atoms with E-state index in [0.29, 0.717) is 12.1 Å². The van der Waals surface area contributed by atoms with Crippen LogP contribution in [-0.2, 0) is 0 Å². The molecule has 1 saturated carbocycles. The summed E-state index contributed by atoms with van der Waals surface area (Å²) >= 11 is 0. The van der Waals surface area contributed by atoms with Crippen LogP contribution in [-0.4, -0.2) is 44.7 Å². The predicted molar refractivity (Wildman–Crippen MR) is 78.2 cm³/mol. The molecule has 102 valence electrons. The first-order valence-electron chi connectivity index (χ1n) is 7.62. The smallest absolute Gasteiger partial charge is 0.213 e. The second-order valence-electron chi connectivity index (χ2n) is 6.61. The summed E-state index contributed by atoms with van der Waals surface area (Å²) in [5, 5.41) is 0. The van der Waals surface area contributed by atoms with E-state index in [1.54, 1.807) is 0 Å². The van der Waals surface area contributed by atoms with Crippen LogP contribution in [0.5, 0.6) is 0 Å². The van der Waals surface area contributed by atoms with Gasteiger partial charge in [0, 0.05) is 54.4 Å². The number of hydrogen-bond donors (Lipinski definition) is 0. The third kappa shape index (κ3) is 2.15. The van der Waals surface area contributed by atoms with Gasteiger partial charge in [0.05, 0.1) is 0 Å². The van der Waals surface area contributed by atoms with Crippen LogP contribution in [0.1, 0.15) is 67.2 Å². The summed E-state index contributed by atoms with van der Waals surface area (Å²) in [7, 11) is 0. The van der Waals surface area contributed by atoms with Crippen LogP contribution < -0.4 is 0 Å². The van der Waals surface area contributed by atoms with Crippen LogP contribution in [0.15, 0.2) is 0 Å². The van der Waals surface area contributed by atoms with E-state index in [-0.39, 0.29) is 0 Å². The molecule has 2 unspecified atom stereocenters. The minimum absolute atomic E-state index is 0.629. The molecule has 2 nitrogen and oxygen atoms in total. The van der Waals surface area contributed by atoms with Crippen molar-refractivity contribution < 1.29 is 9.15 Å². The van der Waals surface area contributed by atoms with Gasteiger partial charge >= 0.3 is 0 Å². The van der Waals surface area contributed by atoms with Gasteiger partial charge in [-0.2, -0.15) is 0 Å². The number of hydrogen-bond acceptors (Lipinski definition) is 0. The molecule has 0 bridgehead atoms. The zero-order chi connectivity index (χ0) is 13.4. The van der Waals surface area contributed by atoms with E-state index in [2.05, 4.69) is 50.7 Å². The van der Waals surface area contributed by atoms with E-state index in [4.69, 9.17) is 0 Å². The Morgan fingerprint density at radius 2 is 1.06 bits per heavy atom. The van der Waals surface area contributed by atoms with Crippen molar-refractivity contribution in [2.24, 2.45) is 0 Å². The maximum atomic E-state index is 2.72. The second kappa shape index (κ2) is 5.14. The van der Waals surface area contributed by atoms with Crippen molar-refractivity contribution in [2.45, 2.75) is 91.4 Å². The van der Waals surface area contributed by atoms with E-state index in [1.807, 2.05) is 0 Å². The van der Waals surface area contributed by atoms with Gasteiger partial charge in [-0.3, -0.25) is 0 Å². The summed E-state index contributed by atoms with van der Waals surface area (Å²) in [6, 6.07) is 2.74. The summed E-state index contributed by atoms with van der Waals surface area (Å²) < 4.78 is 5.43. The van der Waals surface area contributed by atoms with Gasteiger partial charge in [0.15, 0.2) is 0 Å². The standard InChI is InChI=1S/C16H30N2/c1-11(2)17-13(5)14(6)18(12(3)4)16-10-8-7-9-15(16)17/h13-16H,7-10H2,1-6H3/q+2/t13?,14?,15-,16+. The maximum absolute atomic E-state index is 2.72. The van der Waals surface area contributed by atoms with Gasteiger partial charge in [0.1, 0.15) is 11.4 Å². The van der Waals surface area contributed by atoms with Gasteiger partial charge in [-0.05, 0) is 12.8 Å². The Morgan fingerprint density at radius 1 is 0.722 bits per heavy atom. The molecule has 1 aliphatic heterocycles. The molecule has 0 spiro atoms. The van der Waals surface area contributed by atoms with Crippen molar-refractivity contribution in [3.8, 4) is 0 Å².